The van der Waals surface area contributed by atoms with E-state index in [-0.39, 0.29) is 11.6 Å². The molecule has 1 aromatic rings. The Labute approximate surface area is 88.7 Å². The predicted octanol–water partition coefficient (Wildman–Crippen LogP) is 2.19. The molecule has 0 aliphatic heterocycles. The lowest BCUT2D eigenvalue weighted by atomic mass is 10.0. The van der Waals surface area contributed by atoms with E-state index in [9.17, 15) is 8.78 Å². The maximum absolute atomic E-state index is 12.5. The summed E-state index contributed by atoms with van der Waals surface area (Å²) in [7, 11) is 3.76. The number of alkyl halides is 2. The van der Waals surface area contributed by atoms with Crippen LogP contribution in [0.4, 0.5) is 8.78 Å². The fourth-order valence-electron chi connectivity index (χ4n) is 1.55. The van der Waals surface area contributed by atoms with Gasteiger partial charge in [-0.3, -0.25) is 0 Å². The third-order valence-electron chi connectivity index (χ3n) is 2.39. The van der Waals surface area contributed by atoms with E-state index in [1.54, 1.807) is 6.07 Å². The molecule has 1 atom stereocenters. The van der Waals surface area contributed by atoms with Crippen molar-refractivity contribution in [3.05, 3.63) is 35.4 Å². The molecule has 0 spiro atoms. The molecule has 4 heteroatoms. The summed E-state index contributed by atoms with van der Waals surface area (Å²) >= 11 is 0. The molecule has 2 N–H and O–H groups in total. The smallest absolute Gasteiger partial charge is 0.263 e. The Bertz CT molecular complexity index is 313. The van der Waals surface area contributed by atoms with Gasteiger partial charge in [0.2, 0.25) is 0 Å². The number of nitrogens with two attached hydrogens (primary N) is 1. The van der Waals surface area contributed by atoms with E-state index in [4.69, 9.17) is 5.73 Å². The van der Waals surface area contributed by atoms with Crippen molar-refractivity contribution in [3.8, 4) is 0 Å². The first kappa shape index (κ1) is 12.1. The number of rotatable bonds is 4. The van der Waals surface area contributed by atoms with Gasteiger partial charge in [0.25, 0.3) is 6.43 Å². The highest BCUT2D eigenvalue weighted by Gasteiger charge is 2.14. The molecular formula is C11H16F2N2. The van der Waals surface area contributed by atoms with Crippen molar-refractivity contribution in [1.82, 2.24) is 4.90 Å². The fourth-order valence-corrected chi connectivity index (χ4v) is 1.55. The normalized spacial score (nSPS) is 13.5. The average molecular weight is 214 g/mol. The zero-order chi connectivity index (χ0) is 11.4. The molecule has 0 aliphatic carbocycles. The average Bonchev–Trinajstić information content (AvgIpc) is 2.18. The highest BCUT2D eigenvalue weighted by Crippen LogP contribution is 2.23. The molecule has 2 nitrogen and oxygen atoms in total. The molecular weight excluding hydrogens is 198 g/mol. The zero-order valence-electron chi connectivity index (χ0n) is 8.95. The molecule has 0 saturated carbocycles. The quantitative estimate of drug-likeness (QED) is 0.832. The molecule has 15 heavy (non-hydrogen) atoms. The second kappa shape index (κ2) is 5.19. The summed E-state index contributed by atoms with van der Waals surface area (Å²) in [5, 5.41) is 0. The van der Waals surface area contributed by atoms with E-state index in [0.717, 1.165) is 5.56 Å². The van der Waals surface area contributed by atoms with Crippen LogP contribution in [0.1, 0.15) is 23.6 Å². The summed E-state index contributed by atoms with van der Waals surface area (Å²) in [6.45, 7) is 0.416. The summed E-state index contributed by atoms with van der Waals surface area (Å²) < 4.78 is 24.9. The third-order valence-corrected chi connectivity index (χ3v) is 2.39. The summed E-state index contributed by atoms with van der Waals surface area (Å²) in [5.41, 5.74) is 6.49. The zero-order valence-corrected chi connectivity index (χ0v) is 8.95. The van der Waals surface area contributed by atoms with Gasteiger partial charge in [0, 0.05) is 18.2 Å². The van der Waals surface area contributed by atoms with E-state index >= 15 is 0 Å². The van der Waals surface area contributed by atoms with Crippen LogP contribution in [-0.4, -0.2) is 25.5 Å². The van der Waals surface area contributed by atoms with Gasteiger partial charge in [-0.05, 0) is 25.7 Å². The Morgan fingerprint density at radius 3 is 2.33 bits per heavy atom. The van der Waals surface area contributed by atoms with Crippen molar-refractivity contribution in [2.45, 2.75) is 12.5 Å². The number of nitrogens with zero attached hydrogens (tertiary/aromatic N) is 1. The van der Waals surface area contributed by atoms with Gasteiger partial charge in [-0.25, -0.2) is 8.78 Å². The molecule has 0 radical (unpaired) electrons. The van der Waals surface area contributed by atoms with Crippen molar-refractivity contribution >= 4 is 0 Å². The van der Waals surface area contributed by atoms with Gasteiger partial charge in [-0.2, -0.15) is 0 Å². The van der Waals surface area contributed by atoms with Gasteiger partial charge >= 0.3 is 0 Å². The predicted molar refractivity (Wildman–Crippen MR) is 56.9 cm³/mol. The number of halogens is 2. The number of hydrogen-bond donors (Lipinski definition) is 1. The van der Waals surface area contributed by atoms with Crippen molar-refractivity contribution < 1.29 is 8.78 Å². The van der Waals surface area contributed by atoms with Crippen LogP contribution < -0.4 is 5.73 Å². The van der Waals surface area contributed by atoms with Gasteiger partial charge < -0.3 is 10.6 Å². The van der Waals surface area contributed by atoms with Gasteiger partial charge in [0.05, 0.1) is 0 Å². The van der Waals surface area contributed by atoms with E-state index in [1.807, 2.05) is 25.1 Å². The Morgan fingerprint density at radius 1 is 1.27 bits per heavy atom. The minimum absolute atomic E-state index is 0.0105. The Balaban J connectivity index is 2.98. The molecule has 84 valence electrons. The van der Waals surface area contributed by atoms with Crippen LogP contribution in [0, 0.1) is 0 Å². The van der Waals surface area contributed by atoms with Gasteiger partial charge in [-0.15, -0.1) is 0 Å². The van der Waals surface area contributed by atoms with Crippen LogP contribution in [0.25, 0.3) is 0 Å². The van der Waals surface area contributed by atoms with Crippen LogP contribution in [-0.2, 0) is 0 Å². The van der Waals surface area contributed by atoms with E-state index in [0.29, 0.717) is 6.54 Å². The number of hydrogen-bond acceptors (Lipinski definition) is 2. The Hall–Kier alpha value is -1.00. The number of likely N-dealkylation sites (N-methyl/N-ethyl adjacent to an activating group) is 1. The Kier molecular flexibility index (Phi) is 4.17. The summed E-state index contributed by atoms with van der Waals surface area (Å²) in [6.07, 6.45) is -2.43. The van der Waals surface area contributed by atoms with Crippen molar-refractivity contribution in [1.29, 1.82) is 0 Å². The molecule has 0 aliphatic rings. The minimum Gasteiger partial charge on any atom is -0.329 e. The summed E-state index contributed by atoms with van der Waals surface area (Å²) in [4.78, 5) is 1.92. The third kappa shape index (κ3) is 2.97. The standard InChI is InChI=1S/C11H16F2N2/c1-15(2)10(7-14)8-4-3-5-9(6-8)11(12)13/h3-6,10-11H,7,14H2,1-2H3. The van der Waals surface area contributed by atoms with Crippen molar-refractivity contribution in [2.24, 2.45) is 5.73 Å². The van der Waals surface area contributed by atoms with Crippen LogP contribution >= 0.6 is 0 Å². The second-order valence-corrected chi connectivity index (χ2v) is 3.69. The van der Waals surface area contributed by atoms with E-state index in [2.05, 4.69) is 0 Å². The van der Waals surface area contributed by atoms with Crippen LogP contribution in [0.3, 0.4) is 0 Å². The highest BCUT2D eigenvalue weighted by atomic mass is 19.3. The van der Waals surface area contributed by atoms with E-state index in [1.165, 1.54) is 12.1 Å². The van der Waals surface area contributed by atoms with Gasteiger partial charge in [0.1, 0.15) is 0 Å². The first-order chi connectivity index (χ1) is 7.06. The molecule has 0 bridgehead atoms. The lowest BCUT2D eigenvalue weighted by Gasteiger charge is -2.23. The van der Waals surface area contributed by atoms with Crippen LogP contribution in [0.2, 0.25) is 0 Å². The molecule has 1 unspecified atom stereocenters. The van der Waals surface area contributed by atoms with Crippen LogP contribution in [0.5, 0.6) is 0 Å². The maximum atomic E-state index is 12.5. The number of benzene rings is 1. The molecule has 0 aromatic heterocycles. The largest absolute Gasteiger partial charge is 0.329 e. The summed E-state index contributed by atoms with van der Waals surface area (Å²) in [5.74, 6) is 0. The van der Waals surface area contributed by atoms with Crippen LogP contribution in [0.15, 0.2) is 24.3 Å². The molecule has 0 fully saturated rings. The first-order valence-corrected chi connectivity index (χ1v) is 4.80. The first-order valence-electron chi connectivity index (χ1n) is 4.80. The summed E-state index contributed by atoms with van der Waals surface area (Å²) in [6, 6.07) is 6.40. The molecule has 0 heterocycles. The lowest BCUT2D eigenvalue weighted by molar-refractivity contribution is 0.151. The monoisotopic (exact) mass is 214 g/mol. The SMILES string of the molecule is CN(C)C(CN)c1cccc(C(F)F)c1. The molecule has 1 aromatic carbocycles. The maximum Gasteiger partial charge on any atom is 0.263 e. The fraction of sp³-hybridized carbons (Fsp3) is 0.455. The van der Waals surface area contributed by atoms with E-state index < -0.39 is 6.43 Å². The molecule has 0 saturated heterocycles. The molecule has 0 amide bonds. The topological polar surface area (TPSA) is 29.3 Å². The molecule has 1 rings (SSSR count). The minimum atomic E-state index is -2.43. The van der Waals surface area contributed by atoms with Gasteiger partial charge in [0.15, 0.2) is 0 Å². The Morgan fingerprint density at radius 2 is 1.87 bits per heavy atom. The second-order valence-electron chi connectivity index (χ2n) is 3.69. The van der Waals surface area contributed by atoms with Crippen molar-refractivity contribution in [3.63, 3.8) is 0 Å². The highest BCUT2D eigenvalue weighted by molar-refractivity contribution is 5.27. The van der Waals surface area contributed by atoms with Gasteiger partial charge in [-0.1, -0.05) is 18.2 Å². The lowest BCUT2D eigenvalue weighted by Crippen LogP contribution is -2.27. The van der Waals surface area contributed by atoms with Crippen molar-refractivity contribution in [2.75, 3.05) is 20.6 Å².